The second kappa shape index (κ2) is 8.57. The van der Waals surface area contributed by atoms with Crippen LogP contribution in [0.1, 0.15) is 28.8 Å². The van der Waals surface area contributed by atoms with Crippen molar-refractivity contribution in [2.45, 2.75) is 12.8 Å². The van der Waals surface area contributed by atoms with Crippen LogP contribution in [0.4, 0.5) is 5.82 Å². The van der Waals surface area contributed by atoms with Crippen molar-refractivity contribution in [3.05, 3.63) is 66.0 Å². The number of rotatable bonds is 5. The zero-order valence-corrected chi connectivity index (χ0v) is 16.0. The minimum Gasteiger partial charge on any atom is -0.355 e. The molecule has 0 saturated carbocycles. The molecule has 1 aliphatic rings. The van der Waals surface area contributed by atoms with Crippen LogP contribution in [0.5, 0.6) is 0 Å². The summed E-state index contributed by atoms with van der Waals surface area (Å²) in [4.78, 5) is 18.6. The first-order valence-corrected chi connectivity index (χ1v) is 9.72. The summed E-state index contributed by atoms with van der Waals surface area (Å²) in [5.74, 6) is 1.32. The van der Waals surface area contributed by atoms with Gasteiger partial charge in [-0.15, -0.1) is 0 Å². The predicted octanol–water partition coefficient (Wildman–Crippen LogP) is 2.99. The number of benzene rings is 1. The van der Waals surface area contributed by atoms with E-state index in [0.717, 1.165) is 43.0 Å². The Labute approximate surface area is 169 Å². The van der Waals surface area contributed by atoms with E-state index in [1.165, 1.54) is 0 Å². The monoisotopic (exact) mass is 386 g/mol. The summed E-state index contributed by atoms with van der Waals surface area (Å²) in [5.41, 5.74) is 3.19. The molecule has 7 nitrogen and oxygen atoms in total. The summed E-state index contributed by atoms with van der Waals surface area (Å²) in [6.45, 7) is 2.49. The molecule has 1 saturated heterocycles. The van der Waals surface area contributed by atoms with E-state index in [2.05, 4.69) is 37.5 Å². The van der Waals surface area contributed by atoms with E-state index in [1.54, 1.807) is 36.7 Å². The number of amides is 1. The Bertz CT molecular complexity index is 998. The fourth-order valence-corrected chi connectivity index (χ4v) is 3.55. The molecule has 3 aromatic rings. The maximum absolute atomic E-state index is 12.3. The van der Waals surface area contributed by atoms with Gasteiger partial charge in [0.2, 0.25) is 0 Å². The minimum atomic E-state index is -0.0915. The SMILES string of the molecule is N#Cc1ccc(C(=O)NCC2CCN(c3cc(-c4ccncc4)[nH]n3)CC2)cc1. The molecule has 0 spiro atoms. The van der Waals surface area contributed by atoms with Crippen molar-refractivity contribution in [2.24, 2.45) is 5.92 Å². The number of carbonyl (C=O) groups is 1. The third kappa shape index (κ3) is 4.43. The molecule has 0 radical (unpaired) electrons. The van der Waals surface area contributed by atoms with E-state index in [1.807, 2.05) is 12.1 Å². The number of anilines is 1. The maximum Gasteiger partial charge on any atom is 0.251 e. The highest BCUT2D eigenvalue weighted by atomic mass is 16.1. The van der Waals surface area contributed by atoms with Crippen molar-refractivity contribution in [1.82, 2.24) is 20.5 Å². The van der Waals surface area contributed by atoms with Gasteiger partial charge in [-0.3, -0.25) is 14.9 Å². The molecule has 7 heteroatoms. The highest BCUT2D eigenvalue weighted by molar-refractivity contribution is 5.94. The molecule has 1 aliphatic heterocycles. The van der Waals surface area contributed by atoms with Gasteiger partial charge in [0, 0.05) is 49.2 Å². The number of piperidine rings is 1. The molecule has 3 heterocycles. The van der Waals surface area contributed by atoms with E-state index in [4.69, 9.17) is 5.26 Å². The quantitative estimate of drug-likeness (QED) is 0.702. The lowest BCUT2D eigenvalue weighted by atomic mass is 9.96. The van der Waals surface area contributed by atoms with Crippen LogP contribution in [0.3, 0.4) is 0 Å². The van der Waals surface area contributed by atoms with Crippen LogP contribution >= 0.6 is 0 Å². The molecule has 29 heavy (non-hydrogen) atoms. The van der Waals surface area contributed by atoms with Gasteiger partial charge in [0.25, 0.3) is 5.91 Å². The number of H-pyrrole nitrogens is 1. The summed E-state index contributed by atoms with van der Waals surface area (Å²) >= 11 is 0. The summed E-state index contributed by atoms with van der Waals surface area (Å²) in [7, 11) is 0. The van der Waals surface area contributed by atoms with Crippen molar-refractivity contribution in [3.63, 3.8) is 0 Å². The molecule has 2 aromatic heterocycles. The fraction of sp³-hybridized carbons (Fsp3) is 0.273. The van der Waals surface area contributed by atoms with Crippen LogP contribution in [0.15, 0.2) is 54.9 Å². The summed E-state index contributed by atoms with van der Waals surface area (Å²) in [5, 5.41) is 19.4. The number of hydrogen-bond donors (Lipinski definition) is 2. The zero-order chi connectivity index (χ0) is 20.1. The molecule has 4 rings (SSSR count). The maximum atomic E-state index is 12.3. The first-order chi connectivity index (χ1) is 14.2. The lowest BCUT2D eigenvalue weighted by Gasteiger charge is -2.32. The van der Waals surface area contributed by atoms with Gasteiger partial charge in [0.1, 0.15) is 0 Å². The van der Waals surface area contributed by atoms with E-state index >= 15 is 0 Å². The van der Waals surface area contributed by atoms with Crippen LogP contribution in [-0.4, -0.2) is 40.7 Å². The Hall–Kier alpha value is -3.66. The van der Waals surface area contributed by atoms with Gasteiger partial charge in [0.05, 0.1) is 17.3 Å². The molecular weight excluding hydrogens is 364 g/mol. The van der Waals surface area contributed by atoms with Crippen LogP contribution in [0.2, 0.25) is 0 Å². The largest absolute Gasteiger partial charge is 0.355 e. The molecule has 146 valence electrons. The zero-order valence-electron chi connectivity index (χ0n) is 16.0. The van der Waals surface area contributed by atoms with Gasteiger partial charge in [-0.1, -0.05) is 0 Å². The Balaban J connectivity index is 1.27. The van der Waals surface area contributed by atoms with Crippen LogP contribution in [0, 0.1) is 17.2 Å². The normalized spacial score (nSPS) is 14.4. The van der Waals surface area contributed by atoms with Crippen molar-refractivity contribution in [3.8, 4) is 17.3 Å². The number of nitrogens with one attached hydrogen (secondary N) is 2. The van der Waals surface area contributed by atoms with Crippen LogP contribution < -0.4 is 10.2 Å². The number of aromatic nitrogens is 3. The number of hydrogen-bond acceptors (Lipinski definition) is 5. The van der Waals surface area contributed by atoms with Crippen LogP contribution in [0.25, 0.3) is 11.3 Å². The summed E-state index contributed by atoms with van der Waals surface area (Å²) < 4.78 is 0. The lowest BCUT2D eigenvalue weighted by Crippen LogP contribution is -2.38. The molecule has 0 atom stereocenters. The number of carbonyl (C=O) groups excluding carboxylic acids is 1. The topological polar surface area (TPSA) is 97.7 Å². The third-order valence-corrected chi connectivity index (χ3v) is 5.32. The highest BCUT2D eigenvalue weighted by Crippen LogP contribution is 2.25. The average molecular weight is 386 g/mol. The molecular formula is C22H22N6O. The second-order valence-electron chi connectivity index (χ2n) is 7.21. The average Bonchev–Trinajstić information content (AvgIpc) is 3.29. The third-order valence-electron chi connectivity index (χ3n) is 5.32. The number of aromatic amines is 1. The Morgan fingerprint density at radius 3 is 2.59 bits per heavy atom. The van der Waals surface area contributed by atoms with Crippen molar-refractivity contribution < 1.29 is 4.79 Å². The van der Waals surface area contributed by atoms with Crippen molar-refractivity contribution in [1.29, 1.82) is 5.26 Å². The predicted molar refractivity (Wildman–Crippen MR) is 110 cm³/mol. The van der Waals surface area contributed by atoms with Crippen molar-refractivity contribution >= 4 is 11.7 Å². The minimum absolute atomic E-state index is 0.0915. The van der Waals surface area contributed by atoms with Gasteiger partial charge in [-0.25, -0.2) is 0 Å². The van der Waals surface area contributed by atoms with E-state index in [-0.39, 0.29) is 5.91 Å². The molecule has 2 N–H and O–H groups in total. The van der Waals surface area contributed by atoms with E-state index in [9.17, 15) is 4.79 Å². The fourth-order valence-electron chi connectivity index (χ4n) is 3.55. The highest BCUT2D eigenvalue weighted by Gasteiger charge is 2.22. The second-order valence-corrected chi connectivity index (χ2v) is 7.21. The lowest BCUT2D eigenvalue weighted by molar-refractivity contribution is 0.0945. The molecule has 1 aromatic carbocycles. The number of nitrogens with zero attached hydrogens (tertiary/aromatic N) is 4. The van der Waals surface area contributed by atoms with Gasteiger partial charge < -0.3 is 10.2 Å². The molecule has 1 amide bonds. The first kappa shape index (κ1) is 18.7. The summed E-state index contributed by atoms with van der Waals surface area (Å²) in [6, 6.07) is 14.8. The van der Waals surface area contributed by atoms with Crippen LogP contribution in [-0.2, 0) is 0 Å². The summed E-state index contributed by atoms with van der Waals surface area (Å²) in [6.07, 6.45) is 5.55. The standard InChI is InChI=1S/C22H22N6O/c23-14-16-1-3-19(4-2-16)22(29)25-15-17-7-11-28(12-8-17)21-13-20(26-27-21)18-5-9-24-10-6-18/h1-6,9-10,13,17H,7-8,11-12,15H2,(H,25,29)(H,26,27). The smallest absolute Gasteiger partial charge is 0.251 e. The van der Waals surface area contributed by atoms with Gasteiger partial charge in [0.15, 0.2) is 5.82 Å². The van der Waals surface area contributed by atoms with E-state index in [0.29, 0.717) is 23.6 Å². The molecule has 0 aliphatic carbocycles. The Morgan fingerprint density at radius 2 is 1.90 bits per heavy atom. The molecule has 1 fully saturated rings. The Kier molecular flexibility index (Phi) is 5.52. The first-order valence-electron chi connectivity index (χ1n) is 9.72. The number of nitriles is 1. The molecule has 0 unspecified atom stereocenters. The van der Waals surface area contributed by atoms with Gasteiger partial charge in [-0.05, 0) is 55.2 Å². The Morgan fingerprint density at radius 1 is 1.17 bits per heavy atom. The van der Waals surface area contributed by atoms with Gasteiger partial charge in [-0.2, -0.15) is 10.4 Å². The number of pyridine rings is 1. The van der Waals surface area contributed by atoms with E-state index < -0.39 is 0 Å². The van der Waals surface area contributed by atoms with Crippen molar-refractivity contribution in [2.75, 3.05) is 24.5 Å². The van der Waals surface area contributed by atoms with Gasteiger partial charge >= 0.3 is 0 Å². The molecule has 0 bridgehead atoms.